The lowest BCUT2D eigenvalue weighted by Crippen LogP contribution is -2.18. The zero-order valence-electron chi connectivity index (χ0n) is 12.6. The Morgan fingerprint density at radius 2 is 2.00 bits per heavy atom. The minimum Gasteiger partial charge on any atom is -0.493 e. The first kappa shape index (κ1) is 18.1. The molecule has 5 nitrogen and oxygen atoms in total. The van der Waals surface area contributed by atoms with Gasteiger partial charge in [0.25, 0.3) is 0 Å². The summed E-state index contributed by atoms with van der Waals surface area (Å²) in [6.07, 6.45) is 0. The van der Waals surface area contributed by atoms with E-state index in [2.05, 4.69) is 5.32 Å². The van der Waals surface area contributed by atoms with E-state index in [-0.39, 0.29) is 18.1 Å². The third-order valence-electron chi connectivity index (χ3n) is 2.96. The van der Waals surface area contributed by atoms with E-state index in [1.54, 1.807) is 19.1 Å². The van der Waals surface area contributed by atoms with Crippen LogP contribution < -0.4 is 14.8 Å². The van der Waals surface area contributed by atoms with Crippen molar-refractivity contribution in [3.63, 3.8) is 0 Å². The second kappa shape index (κ2) is 8.46. The molecule has 0 aliphatic rings. The van der Waals surface area contributed by atoms with Crippen molar-refractivity contribution in [2.24, 2.45) is 0 Å². The van der Waals surface area contributed by atoms with Crippen LogP contribution in [0.1, 0.15) is 19.4 Å². The molecule has 0 heterocycles. The molecule has 1 N–H and O–H groups in total. The molecule has 0 aliphatic heterocycles. The molecule has 0 atom stereocenters. The second-order valence-corrected chi connectivity index (χ2v) is 7.37. The smallest absolute Gasteiger partial charge is 0.165 e. The lowest BCUT2D eigenvalue weighted by Gasteiger charge is -2.16. The van der Waals surface area contributed by atoms with Crippen molar-refractivity contribution in [2.45, 2.75) is 20.4 Å². The zero-order valence-corrected chi connectivity index (χ0v) is 14.2. The van der Waals surface area contributed by atoms with Gasteiger partial charge in [0.15, 0.2) is 21.3 Å². The van der Waals surface area contributed by atoms with Crippen LogP contribution in [0.25, 0.3) is 0 Å². The third kappa shape index (κ3) is 5.73. The fraction of sp³-hybridized carbons (Fsp3) is 0.571. The molecule has 120 valence electrons. The average Bonchev–Trinajstić information content (AvgIpc) is 2.46. The van der Waals surface area contributed by atoms with Crippen molar-refractivity contribution in [3.05, 3.63) is 22.7 Å². The van der Waals surface area contributed by atoms with Crippen LogP contribution in [0.2, 0.25) is 5.02 Å². The van der Waals surface area contributed by atoms with Gasteiger partial charge in [-0.05, 0) is 12.6 Å². The van der Waals surface area contributed by atoms with Crippen LogP contribution in [0.4, 0.5) is 0 Å². The molecule has 0 saturated carbocycles. The van der Waals surface area contributed by atoms with Crippen LogP contribution in [-0.2, 0) is 16.4 Å². The van der Waals surface area contributed by atoms with E-state index in [0.717, 1.165) is 12.1 Å². The van der Waals surface area contributed by atoms with Crippen LogP contribution in [0.3, 0.4) is 0 Å². The molecule has 1 aromatic rings. The number of nitrogens with one attached hydrogen (secondary N) is 1. The molecule has 21 heavy (non-hydrogen) atoms. The van der Waals surface area contributed by atoms with Gasteiger partial charge in [-0.15, -0.1) is 0 Å². The second-order valence-electron chi connectivity index (χ2n) is 4.46. The van der Waals surface area contributed by atoms with Gasteiger partial charge in [0.2, 0.25) is 0 Å². The summed E-state index contributed by atoms with van der Waals surface area (Å²) in [7, 11) is -1.53. The van der Waals surface area contributed by atoms with E-state index in [9.17, 15) is 8.42 Å². The summed E-state index contributed by atoms with van der Waals surface area (Å²) < 4.78 is 33.9. The highest BCUT2D eigenvalue weighted by Gasteiger charge is 2.14. The van der Waals surface area contributed by atoms with E-state index < -0.39 is 9.84 Å². The summed E-state index contributed by atoms with van der Waals surface area (Å²) in [5.41, 5.74) is 0.843. The number of benzene rings is 1. The average molecular weight is 336 g/mol. The van der Waals surface area contributed by atoms with Crippen LogP contribution in [0.5, 0.6) is 11.5 Å². The lowest BCUT2D eigenvalue weighted by atomic mass is 10.2. The Hall–Kier alpha value is -0.980. The predicted octanol–water partition coefficient (Wildman–Crippen LogP) is 2.27. The van der Waals surface area contributed by atoms with Gasteiger partial charge >= 0.3 is 0 Å². The standard InChI is InChI=1S/C14H22ClNO4S/c1-4-16-10-11-8-12(15)9-13(19-3)14(11)20-6-7-21(17,18)5-2/h8-9,16H,4-7,10H2,1-3H3. The number of hydrogen-bond donors (Lipinski definition) is 1. The van der Waals surface area contributed by atoms with Gasteiger partial charge in [-0.2, -0.15) is 0 Å². The molecule has 0 radical (unpaired) electrons. The predicted molar refractivity (Wildman–Crippen MR) is 85.2 cm³/mol. The molecule has 0 amide bonds. The molecule has 0 saturated heterocycles. The van der Waals surface area contributed by atoms with Gasteiger partial charge in [0.1, 0.15) is 6.61 Å². The van der Waals surface area contributed by atoms with Gasteiger partial charge in [0.05, 0.1) is 12.9 Å². The molecular weight excluding hydrogens is 314 g/mol. The largest absolute Gasteiger partial charge is 0.493 e. The molecule has 7 heteroatoms. The van der Waals surface area contributed by atoms with Crippen molar-refractivity contribution in [1.82, 2.24) is 5.32 Å². The third-order valence-corrected chi connectivity index (χ3v) is 4.85. The Kier molecular flexibility index (Phi) is 7.28. The van der Waals surface area contributed by atoms with Gasteiger partial charge in [-0.25, -0.2) is 8.42 Å². The molecule has 0 spiro atoms. The van der Waals surface area contributed by atoms with Crippen LogP contribution >= 0.6 is 11.6 Å². The van der Waals surface area contributed by atoms with E-state index in [1.807, 2.05) is 6.92 Å². The van der Waals surface area contributed by atoms with Crippen LogP contribution in [0, 0.1) is 0 Å². The Balaban J connectivity index is 2.91. The first-order valence-corrected chi connectivity index (χ1v) is 9.03. The number of halogens is 1. The highest BCUT2D eigenvalue weighted by atomic mass is 35.5. The summed E-state index contributed by atoms with van der Waals surface area (Å²) in [4.78, 5) is 0. The quantitative estimate of drug-likeness (QED) is 0.750. The fourth-order valence-electron chi connectivity index (χ4n) is 1.74. The monoisotopic (exact) mass is 335 g/mol. The highest BCUT2D eigenvalue weighted by molar-refractivity contribution is 7.91. The topological polar surface area (TPSA) is 64.6 Å². The summed E-state index contributed by atoms with van der Waals surface area (Å²) in [6, 6.07) is 3.44. The molecular formula is C14H22ClNO4S. The molecule has 0 fully saturated rings. The van der Waals surface area contributed by atoms with E-state index in [1.165, 1.54) is 7.11 Å². The summed E-state index contributed by atoms with van der Waals surface area (Å²) in [5, 5.41) is 3.74. The van der Waals surface area contributed by atoms with Gasteiger partial charge < -0.3 is 14.8 Å². The number of ether oxygens (including phenoxy) is 2. The van der Waals surface area contributed by atoms with Gasteiger partial charge in [0, 0.05) is 29.0 Å². The van der Waals surface area contributed by atoms with Gasteiger partial charge in [-0.3, -0.25) is 0 Å². The Labute approximate surface area is 131 Å². The van der Waals surface area contributed by atoms with Crippen LogP contribution in [0.15, 0.2) is 12.1 Å². The normalized spacial score (nSPS) is 11.4. The summed E-state index contributed by atoms with van der Waals surface area (Å²) in [6.45, 7) is 5.08. The highest BCUT2D eigenvalue weighted by Crippen LogP contribution is 2.34. The molecule has 0 aliphatic carbocycles. The lowest BCUT2D eigenvalue weighted by molar-refractivity contribution is 0.307. The molecule has 1 aromatic carbocycles. The van der Waals surface area contributed by atoms with Gasteiger partial charge in [-0.1, -0.05) is 25.4 Å². The molecule has 1 rings (SSSR count). The SMILES string of the molecule is CCNCc1cc(Cl)cc(OC)c1OCCS(=O)(=O)CC. The molecule has 0 aromatic heterocycles. The first-order chi connectivity index (χ1) is 9.93. The number of rotatable bonds is 9. The minimum absolute atomic E-state index is 0.0179. The summed E-state index contributed by atoms with van der Waals surface area (Å²) in [5.74, 6) is 1.13. The van der Waals surface area contributed by atoms with E-state index >= 15 is 0 Å². The number of sulfone groups is 1. The van der Waals surface area contributed by atoms with Crippen molar-refractivity contribution in [1.29, 1.82) is 0 Å². The van der Waals surface area contributed by atoms with Crippen molar-refractivity contribution >= 4 is 21.4 Å². The Morgan fingerprint density at radius 3 is 2.57 bits per heavy atom. The fourth-order valence-corrected chi connectivity index (χ4v) is 2.60. The molecule has 0 unspecified atom stereocenters. The maximum absolute atomic E-state index is 11.5. The minimum atomic E-state index is -3.05. The first-order valence-electron chi connectivity index (χ1n) is 6.83. The summed E-state index contributed by atoms with van der Waals surface area (Å²) >= 11 is 6.05. The Morgan fingerprint density at radius 1 is 1.29 bits per heavy atom. The molecule has 0 bridgehead atoms. The maximum Gasteiger partial charge on any atom is 0.165 e. The maximum atomic E-state index is 11.5. The van der Waals surface area contributed by atoms with Crippen LogP contribution in [-0.4, -0.2) is 40.2 Å². The number of hydrogen-bond acceptors (Lipinski definition) is 5. The van der Waals surface area contributed by atoms with Crippen molar-refractivity contribution < 1.29 is 17.9 Å². The Bertz CT molecular complexity index is 560. The van der Waals surface area contributed by atoms with E-state index in [0.29, 0.717) is 23.1 Å². The number of methoxy groups -OCH3 is 1. The zero-order chi connectivity index (χ0) is 15.9. The van der Waals surface area contributed by atoms with Crippen molar-refractivity contribution in [3.8, 4) is 11.5 Å². The van der Waals surface area contributed by atoms with E-state index in [4.69, 9.17) is 21.1 Å². The van der Waals surface area contributed by atoms with Crippen molar-refractivity contribution in [2.75, 3.05) is 31.8 Å².